The lowest BCUT2D eigenvalue weighted by Crippen LogP contribution is -2.59. The maximum atomic E-state index is 13.5. The van der Waals surface area contributed by atoms with Gasteiger partial charge in [-0.05, 0) is 67.7 Å². The molecule has 0 aromatic heterocycles. The SMILES string of the molecule is CC(C)C[C@H](NC(=O)CCN)C(=O)N[C@@H](C)C(=O)NCCN(CC(=O)NCc1cccc(C(=O)N[C@@H](CC(C)C)C(=O)N[C@H](C(=O)N[C@H](C(=O)O)C(C)C)[C@@H](C)O)c1)Cc1ccc([N+](=O)[O-])cc1. The van der Waals surface area contributed by atoms with Gasteiger partial charge in [0.1, 0.15) is 30.2 Å². The van der Waals surface area contributed by atoms with E-state index in [9.17, 15) is 58.7 Å². The second kappa shape index (κ2) is 28.6. The van der Waals surface area contributed by atoms with Crippen LogP contribution in [0.15, 0.2) is 48.5 Å². The zero-order chi connectivity index (χ0) is 51.2. The molecule has 0 bridgehead atoms. The minimum Gasteiger partial charge on any atom is -0.480 e. The van der Waals surface area contributed by atoms with Gasteiger partial charge in [-0.2, -0.15) is 0 Å². The number of non-ortho nitro benzene ring substituents is 1. The molecule has 0 heterocycles. The average Bonchev–Trinajstić information content (AvgIpc) is 3.25. The maximum absolute atomic E-state index is 13.5. The predicted molar refractivity (Wildman–Crippen MR) is 251 cm³/mol. The van der Waals surface area contributed by atoms with Gasteiger partial charge in [-0.3, -0.25) is 48.6 Å². The summed E-state index contributed by atoms with van der Waals surface area (Å²) in [7, 11) is 0. The molecule has 0 saturated heterocycles. The van der Waals surface area contributed by atoms with Crippen molar-refractivity contribution < 1.29 is 53.5 Å². The molecule has 2 aromatic carbocycles. The van der Waals surface area contributed by atoms with E-state index in [-0.39, 0.29) is 81.1 Å². The number of nitrogens with zero attached hydrogens (tertiary/aromatic N) is 2. The highest BCUT2D eigenvalue weighted by Crippen LogP contribution is 2.15. The van der Waals surface area contributed by atoms with Crippen LogP contribution in [0.25, 0.3) is 0 Å². The number of nitrogens with one attached hydrogen (secondary N) is 7. The predicted octanol–water partition coefficient (Wildman–Crippen LogP) is 0.449. The zero-order valence-corrected chi connectivity index (χ0v) is 40.1. The van der Waals surface area contributed by atoms with Crippen LogP contribution in [0.1, 0.15) is 96.1 Å². The van der Waals surface area contributed by atoms with Crippen molar-refractivity contribution in [1.82, 2.24) is 42.1 Å². The van der Waals surface area contributed by atoms with Gasteiger partial charge >= 0.3 is 5.97 Å². The fraction of sp³-hybridized carbons (Fsp3) is 0.565. The summed E-state index contributed by atoms with van der Waals surface area (Å²) in [6, 6.07) is 6.27. The fourth-order valence-electron chi connectivity index (χ4n) is 6.81. The monoisotopic (exact) mass is 955 g/mol. The number of benzene rings is 2. The van der Waals surface area contributed by atoms with E-state index < -0.39 is 88.6 Å². The van der Waals surface area contributed by atoms with Gasteiger partial charge < -0.3 is 53.2 Å². The van der Waals surface area contributed by atoms with Crippen LogP contribution in [-0.2, 0) is 46.7 Å². The van der Waals surface area contributed by atoms with Crippen molar-refractivity contribution in [3.05, 3.63) is 75.3 Å². The average molecular weight is 955 g/mol. The first-order valence-corrected chi connectivity index (χ1v) is 22.6. The molecule has 2 rings (SSSR count). The lowest BCUT2D eigenvalue weighted by molar-refractivity contribution is -0.384. The third-order valence-corrected chi connectivity index (χ3v) is 10.4. The second-order valence-corrected chi connectivity index (χ2v) is 17.9. The molecule has 0 spiro atoms. The van der Waals surface area contributed by atoms with Crippen molar-refractivity contribution in [2.45, 2.75) is 124 Å². The lowest BCUT2D eigenvalue weighted by atomic mass is 10.0. The second-order valence-electron chi connectivity index (χ2n) is 17.9. The number of nitrogens with two attached hydrogens (primary N) is 1. The van der Waals surface area contributed by atoms with Crippen LogP contribution >= 0.6 is 0 Å². The number of carboxylic acid groups (broad SMARTS) is 1. The van der Waals surface area contributed by atoms with Crippen molar-refractivity contribution >= 4 is 53.0 Å². The van der Waals surface area contributed by atoms with Crippen molar-refractivity contribution in [3.8, 4) is 0 Å². The van der Waals surface area contributed by atoms with Gasteiger partial charge in [-0.1, -0.05) is 65.8 Å². The van der Waals surface area contributed by atoms with Crippen LogP contribution in [0.5, 0.6) is 0 Å². The largest absolute Gasteiger partial charge is 0.480 e. The summed E-state index contributed by atoms with van der Waals surface area (Å²) in [6.07, 6.45) is -0.881. The van der Waals surface area contributed by atoms with Crippen LogP contribution in [0.2, 0.25) is 0 Å². The molecular weight excluding hydrogens is 885 g/mol. The van der Waals surface area contributed by atoms with Crippen LogP contribution < -0.4 is 43.0 Å². The highest BCUT2D eigenvalue weighted by molar-refractivity contribution is 5.99. The van der Waals surface area contributed by atoms with Crippen molar-refractivity contribution in [2.24, 2.45) is 23.5 Å². The topological polar surface area (TPSA) is 334 Å². The number of carbonyl (C=O) groups excluding carboxylic acids is 7. The van der Waals surface area contributed by atoms with E-state index in [4.69, 9.17) is 5.73 Å². The number of amides is 7. The smallest absolute Gasteiger partial charge is 0.326 e. The van der Waals surface area contributed by atoms with Crippen LogP contribution in [0.4, 0.5) is 5.69 Å². The molecule has 22 nitrogen and oxygen atoms in total. The standard InChI is InChI=1S/C46H70N10O12/c1-26(2)20-35(51-37(58)16-17-47)43(62)50-29(7)41(60)48-18-19-55(24-31-12-14-34(15-13-31)56(67)68)25-38(59)49-23-32-10-9-11-33(22-32)42(61)52-36(21-27(3)4)44(63)54-40(30(8)57)45(64)53-39(28(5)6)46(65)66/h9-15,22,26-30,35-36,39-40,57H,16-21,23-25,47H2,1-8H3,(H,48,60)(H,49,59)(H,50,62)(H,51,58)(H,52,61)(H,53,64)(H,54,63)(H,65,66)/t29-,30+,35-,36-,39-,40-/m0/s1. The summed E-state index contributed by atoms with van der Waals surface area (Å²) < 4.78 is 0. The number of rotatable bonds is 29. The molecule has 0 aliphatic carbocycles. The van der Waals surface area contributed by atoms with Gasteiger partial charge in [0.05, 0.1) is 17.6 Å². The van der Waals surface area contributed by atoms with Crippen LogP contribution in [0, 0.1) is 27.9 Å². The van der Waals surface area contributed by atoms with Gasteiger partial charge in [0.2, 0.25) is 35.4 Å². The van der Waals surface area contributed by atoms with E-state index in [1.165, 1.54) is 38.1 Å². The first-order chi connectivity index (χ1) is 31.9. The Morgan fingerprint density at radius 1 is 0.706 bits per heavy atom. The summed E-state index contributed by atoms with van der Waals surface area (Å²) in [5, 5.41) is 49.5. The number of carbonyl (C=O) groups is 8. The van der Waals surface area contributed by atoms with Crippen molar-refractivity contribution in [1.29, 1.82) is 0 Å². The van der Waals surface area contributed by atoms with E-state index in [2.05, 4.69) is 37.2 Å². The highest BCUT2D eigenvalue weighted by atomic mass is 16.6. The molecule has 68 heavy (non-hydrogen) atoms. The number of nitro benzene ring substituents is 1. The van der Waals surface area contributed by atoms with Gasteiger partial charge in [-0.15, -0.1) is 0 Å². The van der Waals surface area contributed by atoms with E-state index in [1.807, 2.05) is 27.7 Å². The Labute approximate surface area is 396 Å². The number of carboxylic acids is 1. The number of aliphatic carboxylic acids is 1. The summed E-state index contributed by atoms with van der Waals surface area (Å²) in [5.41, 5.74) is 6.68. The fourth-order valence-corrected chi connectivity index (χ4v) is 6.81. The molecule has 0 aliphatic rings. The van der Waals surface area contributed by atoms with Crippen molar-refractivity contribution in [3.63, 3.8) is 0 Å². The molecule has 0 saturated carbocycles. The number of aliphatic hydroxyl groups is 1. The molecule has 376 valence electrons. The minimum absolute atomic E-state index is 0.0153. The molecule has 0 radical (unpaired) electrons. The van der Waals surface area contributed by atoms with E-state index in [1.54, 1.807) is 43.0 Å². The van der Waals surface area contributed by atoms with Gasteiger partial charge in [-0.25, -0.2) is 4.79 Å². The first-order valence-electron chi connectivity index (χ1n) is 22.6. The number of aliphatic hydroxyl groups excluding tert-OH is 1. The maximum Gasteiger partial charge on any atom is 0.326 e. The molecule has 22 heteroatoms. The third kappa shape index (κ3) is 20.6. The summed E-state index contributed by atoms with van der Waals surface area (Å²) >= 11 is 0. The molecule has 0 aliphatic heterocycles. The molecule has 2 aromatic rings. The normalized spacial score (nSPS) is 13.9. The Bertz CT molecular complexity index is 2050. The van der Waals surface area contributed by atoms with Crippen molar-refractivity contribution in [2.75, 3.05) is 26.2 Å². The number of nitro groups is 1. The van der Waals surface area contributed by atoms with E-state index >= 15 is 0 Å². The van der Waals surface area contributed by atoms with Gasteiger partial charge in [0.15, 0.2) is 0 Å². The Morgan fingerprint density at radius 3 is 1.84 bits per heavy atom. The Hall–Kier alpha value is -6.52. The number of hydrogen-bond acceptors (Lipinski definition) is 13. The molecular formula is C46H70N10O12. The Morgan fingerprint density at radius 2 is 1.29 bits per heavy atom. The van der Waals surface area contributed by atoms with Gasteiger partial charge in [0, 0.05) is 56.8 Å². The number of hydrogen-bond donors (Lipinski definition) is 10. The molecule has 0 fully saturated rings. The van der Waals surface area contributed by atoms with Gasteiger partial charge in [0.25, 0.3) is 11.6 Å². The molecule has 0 unspecified atom stereocenters. The Balaban J connectivity index is 2.15. The summed E-state index contributed by atoms with van der Waals surface area (Å²) in [5.74, 6) is -6.01. The zero-order valence-electron chi connectivity index (χ0n) is 40.1. The quantitative estimate of drug-likeness (QED) is 0.0391. The van der Waals surface area contributed by atoms with E-state index in [0.29, 0.717) is 17.5 Å². The molecule has 11 N–H and O–H groups in total. The minimum atomic E-state index is -1.52. The van der Waals surface area contributed by atoms with E-state index in [0.717, 1.165) is 0 Å². The Kier molecular flexibility index (Phi) is 24.2. The molecule has 6 atom stereocenters. The summed E-state index contributed by atoms with van der Waals surface area (Å²) in [4.78, 5) is 116. The van der Waals surface area contributed by atoms with Crippen LogP contribution in [-0.4, -0.2) is 130 Å². The summed E-state index contributed by atoms with van der Waals surface area (Å²) in [6.45, 7) is 13.6. The lowest BCUT2D eigenvalue weighted by Gasteiger charge is -2.27. The third-order valence-electron chi connectivity index (χ3n) is 10.4. The van der Waals surface area contributed by atoms with Crippen LogP contribution in [0.3, 0.4) is 0 Å². The molecule has 7 amide bonds. The first kappa shape index (κ1) is 57.6. The highest BCUT2D eigenvalue weighted by Gasteiger charge is 2.34.